The monoisotopic (exact) mass is 444 g/mol. The molecule has 0 aliphatic rings. The topological polar surface area (TPSA) is 34.9 Å². The second kappa shape index (κ2) is 8.18. The van der Waals surface area contributed by atoms with Crippen LogP contribution in [0.4, 0.5) is 0 Å². The Morgan fingerprint density at radius 3 is 2.28 bits per heavy atom. The molecular formula is C25H21BrN2O. The second-order valence-corrected chi connectivity index (χ2v) is 8.17. The molecule has 0 saturated carbocycles. The van der Waals surface area contributed by atoms with Crippen LogP contribution >= 0.6 is 15.9 Å². The molecule has 3 aromatic carbocycles. The van der Waals surface area contributed by atoms with Gasteiger partial charge >= 0.3 is 0 Å². The number of hydrogen-bond acceptors (Lipinski definition) is 2. The van der Waals surface area contributed by atoms with Crippen LogP contribution in [0.2, 0.25) is 0 Å². The Morgan fingerprint density at radius 1 is 0.897 bits per heavy atom. The Labute approximate surface area is 178 Å². The molecule has 0 atom stereocenters. The van der Waals surface area contributed by atoms with E-state index in [0.29, 0.717) is 22.6 Å². The maximum atomic E-state index is 13.2. The minimum atomic E-state index is -0.0762. The summed E-state index contributed by atoms with van der Waals surface area (Å²) in [4.78, 5) is 18.0. The molecule has 0 spiro atoms. The van der Waals surface area contributed by atoms with Gasteiger partial charge in [0.05, 0.1) is 16.6 Å². The minimum absolute atomic E-state index is 0.0762. The molecule has 29 heavy (non-hydrogen) atoms. The van der Waals surface area contributed by atoms with Crippen molar-refractivity contribution < 1.29 is 0 Å². The fourth-order valence-electron chi connectivity index (χ4n) is 3.26. The van der Waals surface area contributed by atoms with E-state index in [1.807, 2.05) is 60.7 Å². The zero-order valence-electron chi connectivity index (χ0n) is 16.3. The molecule has 4 aromatic rings. The summed E-state index contributed by atoms with van der Waals surface area (Å²) < 4.78 is 2.62. The molecule has 1 aromatic heterocycles. The van der Waals surface area contributed by atoms with E-state index >= 15 is 0 Å². The highest BCUT2D eigenvalue weighted by molar-refractivity contribution is 9.10. The van der Waals surface area contributed by atoms with Crippen molar-refractivity contribution in [3.8, 4) is 5.69 Å². The lowest BCUT2D eigenvalue weighted by Gasteiger charge is -2.11. The van der Waals surface area contributed by atoms with Crippen LogP contribution in [0.5, 0.6) is 0 Å². The van der Waals surface area contributed by atoms with Gasteiger partial charge in [-0.3, -0.25) is 9.36 Å². The molecule has 3 nitrogen and oxygen atoms in total. The van der Waals surface area contributed by atoms with Gasteiger partial charge in [-0.15, -0.1) is 0 Å². The average Bonchev–Trinajstić information content (AvgIpc) is 2.73. The van der Waals surface area contributed by atoms with Crippen LogP contribution in [0.25, 0.3) is 28.7 Å². The molecule has 0 saturated heterocycles. The highest BCUT2D eigenvalue weighted by Gasteiger charge is 2.11. The zero-order chi connectivity index (χ0) is 20.4. The Bertz CT molecular complexity index is 1240. The first-order chi connectivity index (χ1) is 14.0. The van der Waals surface area contributed by atoms with E-state index < -0.39 is 0 Å². The summed E-state index contributed by atoms with van der Waals surface area (Å²) >= 11 is 3.46. The number of para-hydroxylation sites is 1. The number of benzene rings is 3. The van der Waals surface area contributed by atoms with E-state index in [4.69, 9.17) is 4.98 Å². The molecule has 4 heteroatoms. The largest absolute Gasteiger partial charge is 0.268 e. The van der Waals surface area contributed by atoms with Crippen LogP contribution in [0.15, 0.2) is 82.1 Å². The van der Waals surface area contributed by atoms with Crippen LogP contribution in [0.3, 0.4) is 0 Å². The third kappa shape index (κ3) is 4.08. The zero-order valence-corrected chi connectivity index (χ0v) is 17.9. The van der Waals surface area contributed by atoms with Gasteiger partial charge in [-0.1, -0.05) is 72.3 Å². The summed E-state index contributed by atoms with van der Waals surface area (Å²) in [5, 5.41) is 0.605. The molecule has 0 unspecified atom stereocenters. The number of nitrogens with zero attached hydrogens (tertiary/aromatic N) is 2. The first-order valence-corrected chi connectivity index (χ1v) is 10.4. The first kappa shape index (κ1) is 19.3. The number of hydrogen-bond donors (Lipinski definition) is 0. The number of rotatable bonds is 4. The molecule has 0 amide bonds. The molecule has 0 aliphatic heterocycles. The molecule has 0 radical (unpaired) electrons. The highest BCUT2D eigenvalue weighted by atomic mass is 79.9. The van der Waals surface area contributed by atoms with Crippen LogP contribution in [-0.2, 0) is 0 Å². The van der Waals surface area contributed by atoms with Crippen molar-refractivity contribution in [1.29, 1.82) is 0 Å². The van der Waals surface area contributed by atoms with Gasteiger partial charge in [-0.05, 0) is 59.5 Å². The lowest BCUT2D eigenvalue weighted by molar-refractivity contribution is 0.866. The second-order valence-electron chi connectivity index (χ2n) is 7.26. The van der Waals surface area contributed by atoms with Gasteiger partial charge < -0.3 is 0 Å². The van der Waals surface area contributed by atoms with Crippen molar-refractivity contribution in [3.63, 3.8) is 0 Å². The lowest BCUT2D eigenvalue weighted by atomic mass is 10.0. The van der Waals surface area contributed by atoms with Gasteiger partial charge in [0.25, 0.3) is 5.56 Å². The summed E-state index contributed by atoms with van der Waals surface area (Å²) in [7, 11) is 0. The Kier molecular flexibility index (Phi) is 5.45. The normalized spacial score (nSPS) is 11.6. The number of aromatic nitrogens is 2. The van der Waals surface area contributed by atoms with E-state index in [1.165, 1.54) is 5.56 Å². The van der Waals surface area contributed by atoms with Crippen molar-refractivity contribution >= 4 is 39.0 Å². The number of fused-ring (bicyclic) bond motifs is 1. The van der Waals surface area contributed by atoms with E-state index in [9.17, 15) is 4.79 Å². The minimum Gasteiger partial charge on any atom is -0.268 e. The predicted octanol–water partition coefficient (Wildman–Crippen LogP) is 6.44. The summed E-state index contributed by atoms with van der Waals surface area (Å²) in [5.74, 6) is 1.10. The highest BCUT2D eigenvalue weighted by Crippen LogP contribution is 2.19. The van der Waals surface area contributed by atoms with Crippen LogP contribution < -0.4 is 5.56 Å². The molecule has 0 aliphatic carbocycles. The molecule has 0 fully saturated rings. The fraction of sp³-hybridized carbons (Fsp3) is 0.120. The Balaban J connectivity index is 1.85. The van der Waals surface area contributed by atoms with E-state index in [0.717, 1.165) is 15.7 Å². The summed E-state index contributed by atoms with van der Waals surface area (Å²) in [6, 6.07) is 23.6. The van der Waals surface area contributed by atoms with Crippen molar-refractivity contribution in [3.05, 3.63) is 105 Å². The summed E-state index contributed by atoms with van der Waals surface area (Å²) in [5.41, 5.74) is 3.77. The Morgan fingerprint density at radius 2 is 1.59 bits per heavy atom. The van der Waals surface area contributed by atoms with Gasteiger partial charge in [-0.2, -0.15) is 0 Å². The molecular weight excluding hydrogens is 424 g/mol. The van der Waals surface area contributed by atoms with Gasteiger partial charge in [0.2, 0.25) is 0 Å². The van der Waals surface area contributed by atoms with Crippen molar-refractivity contribution in [2.45, 2.75) is 19.8 Å². The smallest absolute Gasteiger partial charge is 0.266 e. The summed E-state index contributed by atoms with van der Waals surface area (Å²) in [6.45, 7) is 4.36. The molecule has 144 valence electrons. The van der Waals surface area contributed by atoms with Gasteiger partial charge in [0.1, 0.15) is 5.82 Å². The lowest BCUT2D eigenvalue weighted by Crippen LogP contribution is -2.22. The van der Waals surface area contributed by atoms with Crippen LogP contribution in [0.1, 0.15) is 36.7 Å². The third-order valence-corrected chi connectivity index (χ3v) is 5.44. The standard InChI is InChI=1S/C25H21BrN2O/c1-17(2)19-10-7-18(8-11-19)9-16-24-27-23-6-4-3-5-22(23)25(29)28(24)21-14-12-20(26)13-15-21/h3-17H,1-2H3. The Hall–Kier alpha value is -2.98. The SMILES string of the molecule is CC(C)c1ccc(C=Cc2nc3ccccc3c(=O)n2-c2ccc(Br)cc2)cc1. The van der Waals surface area contributed by atoms with E-state index in [2.05, 4.69) is 54.0 Å². The molecule has 4 rings (SSSR count). The fourth-order valence-corrected chi connectivity index (χ4v) is 3.53. The van der Waals surface area contributed by atoms with Crippen molar-refractivity contribution in [1.82, 2.24) is 9.55 Å². The maximum Gasteiger partial charge on any atom is 0.266 e. The van der Waals surface area contributed by atoms with Crippen LogP contribution in [-0.4, -0.2) is 9.55 Å². The van der Waals surface area contributed by atoms with Crippen molar-refractivity contribution in [2.75, 3.05) is 0 Å². The van der Waals surface area contributed by atoms with Crippen molar-refractivity contribution in [2.24, 2.45) is 0 Å². The van der Waals surface area contributed by atoms with Gasteiger partial charge in [-0.25, -0.2) is 4.98 Å². The maximum absolute atomic E-state index is 13.2. The van der Waals surface area contributed by atoms with E-state index in [1.54, 1.807) is 4.57 Å². The average molecular weight is 445 g/mol. The van der Waals surface area contributed by atoms with E-state index in [-0.39, 0.29) is 5.56 Å². The quantitative estimate of drug-likeness (QED) is 0.362. The van der Waals surface area contributed by atoms with Gasteiger partial charge in [0.15, 0.2) is 0 Å². The first-order valence-electron chi connectivity index (χ1n) is 9.59. The summed E-state index contributed by atoms with van der Waals surface area (Å²) in [6.07, 6.45) is 3.90. The predicted molar refractivity (Wildman–Crippen MR) is 124 cm³/mol. The molecule has 0 bridgehead atoms. The third-order valence-electron chi connectivity index (χ3n) is 4.91. The molecule has 0 N–H and O–H groups in total. The van der Waals surface area contributed by atoms with Crippen LogP contribution in [0, 0.1) is 0 Å². The number of halogens is 1. The molecule has 1 heterocycles. The van der Waals surface area contributed by atoms with Gasteiger partial charge in [0, 0.05) is 4.47 Å².